The van der Waals surface area contributed by atoms with Crippen molar-refractivity contribution in [3.05, 3.63) is 28.0 Å². The minimum absolute atomic E-state index is 0.00282. The molecule has 1 aromatic carbocycles. The van der Waals surface area contributed by atoms with Gasteiger partial charge in [-0.15, -0.1) is 0 Å². The Morgan fingerprint density at radius 2 is 2.13 bits per heavy atom. The number of aldehydes is 1. The number of halogens is 4. The Bertz CT molecular complexity index is 719. The number of hydrogen-bond acceptors (Lipinski definition) is 3. The highest BCUT2D eigenvalue weighted by atomic mass is 79.9. The Balaban J connectivity index is 2.23. The van der Waals surface area contributed by atoms with Gasteiger partial charge in [-0.2, -0.15) is 0 Å². The lowest BCUT2D eigenvalue weighted by atomic mass is 9.81. The van der Waals surface area contributed by atoms with Gasteiger partial charge in [0.05, 0.1) is 4.47 Å². The maximum absolute atomic E-state index is 14.5. The second-order valence-corrected chi connectivity index (χ2v) is 6.75. The Hall–Kier alpha value is -1.52. The van der Waals surface area contributed by atoms with Gasteiger partial charge in [-0.1, -0.05) is 11.8 Å². The molecule has 1 aromatic rings. The fraction of sp³-hybridized carbons (Fsp3) is 0.438. The van der Waals surface area contributed by atoms with Gasteiger partial charge in [0.1, 0.15) is 12.0 Å². The summed E-state index contributed by atoms with van der Waals surface area (Å²) >= 11 is 3.03. The Morgan fingerprint density at radius 3 is 2.70 bits per heavy atom. The molecule has 0 amide bonds. The van der Waals surface area contributed by atoms with E-state index in [0.717, 1.165) is 25.8 Å². The van der Waals surface area contributed by atoms with Gasteiger partial charge in [-0.05, 0) is 40.9 Å². The number of carbonyl (C=O) groups is 1. The van der Waals surface area contributed by atoms with Crippen LogP contribution in [-0.2, 0) is 10.3 Å². The zero-order valence-electron chi connectivity index (χ0n) is 12.2. The molecule has 0 radical (unpaired) electrons. The van der Waals surface area contributed by atoms with Crippen LogP contribution in [0.25, 0.3) is 0 Å². The molecule has 122 valence electrons. The van der Waals surface area contributed by atoms with Gasteiger partial charge < -0.3 is 5.32 Å². The molecule has 2 atom stereocenters. The van der Waals surface area contributed by atoms with E-state index in [2.05, 4.69) is 38.4 Å². The van der Waals surface area contributed by atoms with E-state index < -0.39 is 23.4 Å². The maximum atomic E-state index is 14.5. The third-order valence-electron chi connectivity index (χ3n) is 3.98. The van der Waals surface area contributed by atoms with Gasteiger partial charge in [0.15, 0.2) is 11.8 Å². The van der Waals surface area contributed by atoms with Crippen LogP contribution in [0.2, 0.25) is 0 Å². The zero-order valence-corrected chi connectivity index (χ0v) is 13.8. The Kier molecular flexibility index (Phi) is 3.93. The zero-order chi connectivity index (χ0) is 16.8. The highest BCUT2D eigenvalue weighted by Gasteiger charge is 2.55. The first-order chi connectivity index (χ1) is 10.8. The molecule has 2 unspecified atom stereocenters. The van der Waals surface area contributed by atoms with Crippen molar-refractivity contribution in [2.75, 3.05) is 5.32 Å². The summed E-state index contributed by atoms with van der Waals surface area (Å²) < 4.78 is 43.1. The first kappa shape index (κ1) is 16.3. The molecule has 0 aromatic heterocycles. The van der Waals surface area contributed by atoms with Crippen molar-refractivity contribution < 1.29 is 18.0 Å². The van der Waals surface area contributed by atoms with Crippen molar-refractivity contribution >= 4 is 27.9 Å². The third kappa shape index (κ3) is 2.86. The molecule has 7 heteroatoms. The molecule has 2 N–H and O–H groups in total. The fourth-order valence-electron chi connectivity index (χ4n) is 2.57. The van der Waals surface area contributed by atoms with E-state index in [9.17, 15) is 18.0 Å². The number of benzene rings is 1. The summed E-state index contributed by atoms with van der Waals surface area (Å²) in [7, 11) is 0. The molecule has 1 aliphatic carbocycles. The number of alkyl halides is 2. The number of fused-ring (bicyclic) bond motifs is 1. The fourth-order valence-corrected chi connectivity index (χ4v) is 2.92. The molecule has 0 saturated heterocycles. The van der Waals surface area contributed by atoms with Crippen LogP contribution in [0.1, 0.15) is 25.3 Å². The largest absolute Gasteiger partial charge is 0.363 e. The van der Waals surface area contributed by atoms with E-state index in [1.54, 1.807) is 0 Å². The number of carbonyl (C=O) groups excluding carboxylic acids is 1. The van der Waals surface area contributed by atoms with Crippen molar-refractivity contribution in [2.24, 2.45) is 5.92 Å². The molecule has 1 saturated carbocycles. The molecule has 1 aliphatic heterocycles. The molecule has 3 nitrogen and oxygen atoms in total. The Labute approximate surface area is 140 Å². The van der Waals surface area contributed by atoms with E-state index in [-0.39, 0.29) is 21.6 Å². The molecular formula is C16H14BrF3N2O. The topological polar surface area (TPSA) is 41.1 Å². The van der Waals surface area contributed by atoms with Crippen molar-refractivity contribution in [1.82, 2.24) is 5.32 Å². The van der Waals surface area contributed by atoms with Gasteiger partial charge >= 0.3 is 0 Å². The molecule has 1 fully saturated rings. The molecular weight excluding hydrogens is 373 g/mol. The minimum atomic E-state index is -3.33. The second-order valence-electron chi connectivity index (χ2n) is 5.90. The van der Waals surface area contributed by atoms with Crippen LogP contribution in [0.5, 0.6) is 0 Å². The van der Waals surface area contributed by atoms with Crippen LogP contribution in [0.3, 0.4) is 0 Å². The van der Waals surface area contributed by atoms with Crippen molar-refractivity contribution in [3.63, 3.8) is 0 Å². The van der Waals surface area contributed by atoms with E-state index >= 15 is 0 Å². The smallest absolute Gasteiger partial charge is 0.278 e. The van der Waals surface area contributed by atoms with Gasteiger partial charge in [0, 0.05) is 24.1 Å². The lowest BCUT2D eigenvalue weighted by Gasteiger charge is -2.43. The highest BCUT2D eigenvalue weighted by molar-refractivity contribution is 9.10. The predicted octanol–water partition coefficient (Wildman–Crippen LogP) is 3.39. The number of nitrogens with one attached hydrogen (secondary N) is 2. The molecule has 0 spiro atoms. The van der Waals surface area contributed by atoms with Crippen molar-refractivity contribution in [2.45, 2.75) is 37.4 Å². The van der Waals surface area contributed by atoms with Crippen LogP contribution in [0, 0.1) is 23.6 Å². The number of hydrogen-bond donors (Lipinski definition) is 2. The van der Waals surface area contributed by atoms with Crippen LogP contribution in [-0.4, -0.2) is 18.4 Å². The summed E-state index contributed by atoms with van der Waals surface area (Å²) in [6.07, 6.45) is 1.18. The lowest BCUT2D eigenvalue weighted by Crippen LogP contribution is -2.62. The van der Waals surface area contributed by atoms with E-state index in [0.29, 0.717) is 6.29 Å². The molecule has 1 heterocycles. The minimum Gasteiger partial charge on any atom is -0.363 e. The average molecular weight is 387 g/mol. The maximum Gasteiger partial charge on any atom is 0.278 e. The summed E-state index contributed by atoms with van der Waals surface area (Å²) in [4.78, 5) is 11.2. The van der Waals surface area contributed by atoms with Crippen LogP contribution < -0.4 is 10.6 Å². The molecule has 0 bridgehead atoms. The summed E-state index contributed by atoms with van der Waals surface area (Å²) in [5, 5.41) is 5.33. The average Bonchev–Trinajstić information content (AvgIpc) is 3.29. The standard InChI is InChI=1S/C16H14BrF3N2O/c1-15(19,20)16(5-4-9-2-3-9)10-6-12(18)11(17)7-13(10)21-14(8-23)22-16/h6-9,14,21-22H,2-3H2,1H3. The summed E-state index contributed by atoms with van der Waals surface area (Å²) in [6.45, 7) is 0.721. The van der Waals surface area contributed by atoms with Gasteiger partial charge in [0.25, 0.3) is 5.92 Å². The number of rotatable bonds is 2. The molecule has 3 rings (SSSR count). The van der Waals surface area contributed by atoms with Crippen LogP contribution >= 0.6 is 15.9 Å². The van der Waals surface area contributed by atoms with Crippen molar-refractivity contribution in [3.8, 4) is 11.8 Å². The quantitative estimate of drug-likeness (QED) is 0.604. The van der Waals surface area contributed by atoms with E-state index in [1.165, 1.54) is 6.07 Å². The summed E-state index contributed by atoms with van der Waals surface area (Å²) in [5.41, 5.74) is -1.87. The van der Waals surface area contributed by atoms with E-state index in [1.807, 2.05) is 0 Å². The highest BCUT2D eigenvalue weighted by Crippen LogP contribution is 2.45. The van der Waals surface area contributed by atoms with Crippen LogP contribution in [0.15, 0.2) is 16.6 Å². The predicted molar refractivity (Wildman–Crippen MR) is 83.5 cm³/mol. The summed E-state index contributed by atoms with van der Waals surface area (Å²) in [5.74, 6) is 1.53. The van der Waals surface area contributed by atoms with Crippen molar-refractivity contribution in [1.29, 1.82) is 0 Å². The van der Waals surface area contributed by atoms with Gasteiger partial charge in [-0.25, -0.2) is 13.2 Å². The van der Waals surface area contributed by atoms with E-state index in [4.69, 9.17) is 0 Å². The first-order valence-electron chi connectivity index (χ1n) is 7.16. The second kappa shape index (κ2) is 5.53. The normalized spacial score (nSPS) is 26.6. The van der Waals surface area contributed by atoms with Crippen LogP contribution in [0.4, 0.5) is 18.9 Å². The summed E-state index contributed by atoms with van der Waals surface area (Å²) in [6, 6.07) is 2.38. The first-order valence-corrected chi connectivity index (χ1v) is 7.96. The van der Waals surface area contributed by atoms with Gasteiger partial charge in [0.2, 0.25) is 0 Å². The molecule has 2 aliphatic rings. The Morgan fingerprint density at radius 1 is 1.43 bits per heavy atom. The SMILES string of the molecule is CC(F)(F)C1(C#CC2CC2)NC(C=O)Nc2cc(Br)c(F)cc21. The third-order valence-corrected chi connectivity index (χ3v) is 4.59. The monoisotopic (exact) mass is 386 g/mol. The number of anilines is 1. The lowest BCUT2D eigenvalue weighted by molar-refractivity contribution is -0.111. The molecule has 23 heavy (non-hydrogen) atoms. The van der Waals surface area contributed by atoms with Gasteiger partial charge in [-0.3, -0.25) is 10.1 Å².